The Kier molecular flexibility index (Phi) is 11.3. The van der Waals surface area contributed by atoms with Gasteiger partial charge in [0, 0.05) is 12.6 Å². The molecule has 0 radical (unpaired) electrons. The van der Waals surface area contributed by atoms with Gasteiger partial charge in [0.15, 0.2) is 0 Å². The van der Waals surface area contributed by atoms with Crippen LogP contribution < -0.4 is 5.32 Å². The van der Waals surface area contributed by atoms with E-state index in [-0.39, 0.29) is 0 Å². The van der Waals surface area contributed by atoms with E-state index < -0.39 is 0 Å². The fourth-order valence-electron chi connectivity index (χ4n) is 3.46. The van der Waals surface area contributed by atoms with Crippen molar-refractivity contribution in [1.82, 2.24) is 5.32 Å². The molecule has 126 valence electrons. The lowest BCUT2D eigenvalue weighted by Crippen LogP contribution is -2.38. The van der Waals surface area contributed by atoms with E-state index in [0.717, 1.165) is 18.6 Å². The summed E-state index contributed by atoms with van der Waals surface area (Å²) in [5, 5.41) is 3.78. The van der Waals surface area contributed by atoms with E-state index in [0.29, 0.717) is 6.10 Å². The summed E-state index contributed by atoms with van der Waals surface area (Å²) < 4.78 is 5.69. The first kappa shape index (κ1) is 19.0. The highest BCUT2D eigenvalue weighted by Crippen LogP contribution is 2.34. The van der Waals surface area contributed by atoms with Gasteiger partial charge in [0.1, 0.15) is 0 Å². The van der Waals surface area contributed by atoms with Crippen LogP contribution in [0.3, 0.4) is 0 Å². The van der Waals surface area contributed by atoms with Gasteiger partial charge in [-0.15, -0.1) is 0 Å². The van der Waals surface area contributed by atoms with Crippen molar-refractivity contribution in [3.05, 3.63) is 0 Å². The monoisotopic (exact) mass is 297 g/mol. The van der Waals surface area contributed by atoms with E-state index in [1.807, 2.05) is 0 Å². The Bertz CT molecular complexity index is 226. The summed E-state index contributed by atoms with van der Waals surface area (Å²) in [6.07, 6.45) is 15.6. The van der Waals surface area contributed by atoms with Crippen molar-refractivity contribution in [3.63, 3.8) is 0 Å². The van der Waals surface area contributed by atoms with Gasteiger partial charge in [0.25, 0.3) is 0 Å². The number of ether oxygens (including phenoxy) is 1. The van der Waals surface area contributed by atoms with Crippen molar-refractivity contribution < 1.29 is 4.74 Å². The van der Waals surface area contributed by atoms with Gasteiger partial charge in [-0.2, -0.15) is 0 Å². The predicted octanol–water partition coefficient (Wildman–Crippen LogP) is 5.31. The molecule has 1 aliphatic rings. The molecule has 0 aliphatic heterocycles. The smallest absolute Gasteiger partial charge is 0.0580 e. The predicted molar refractivity (Wildman–Crippen MR) is 92.8 cm³/mol. The highest BCUT2D eigenvalue weighted by Gasteiger charge is 2.31. The van der Waals surface area contributed by atoms with Crippen LogP contribution in [0.2, 0.25) is 0 Å². The van der Waals surface area contributed by atoms with Crippen molar-refractivity contribution in [2.75, 3.05) is 13.2 Å². The van der Waals surface area contributed by atoms with Crippen LogP contribution in [-0.2, 0) is 4.74 Å². The third-order valence-electron chi connectivity index (χ3n) is 4.80. The molecular weight excluding hydrogens is 258 g/mol. The quantitative estimate of drug-likeness (QED) is 0.439. The maximum Gasteiger partial charge on any atom is 0.0580 e. The summed E-state index contributed by atoms with van der Waals surface area (Å²) in [6.45, 7) is 8.73. The number of rotatable bonds is 14. The van der Waals surface area contributed by atoms with Gasteiger partial charge in [-0.3, -0.25) is 0 Å². The summed E-state index contributed by atoms with van der Waals surface area (Å²) in [5.41, 5.74) is 0. The minimum atomic E-state index is 0.570. The number of hydrogen-bond acceptors (Lipinski definition) is 2. The Balaban J connectivity index is 2.10. The van der Waals surface area contributed by atoms with Gasteiger partial charge in [0.05, 0.1) is 6.10 Å². The lowest BCUT2D eigenvalue weighted by Gasteiger charge is -2.37. The van der Waals surface area contributed by atoms with Gasteiger partial charge in [0.2, 0.25) is 0 Å². The van der Waals surface area contributed by atoms with Gasteiger partial charge in [-0.25, -0.2) is 0 Å². The Labute approximate surface area is 133 Å². The number of unbranched alkanes of at least 4 members (excludes halogenated alkanes) is 5. The second kappa shape index (κ2) is 12.5. The number of nitrogens with one attached hydrogen (secondary N) is 1. The largest absolute Gasteiger partial charge is 0.378 e. The maximum atomic E-state index is 5.69. The minimum absolute atomic E-state index is 0.570. The molecule has 0 bridgehead atoms. The zero-order valence-corrected chi connectivity index (χ0v) is 14.8. The minimum Gasteiger partial charge on any atom is -0.378 e. The van der Waals surface area contributed by atoms with Crippen molar-refractivity contribution in [2.45, 2.75) is 104 Å². The summed E-state index contributed by atoms with van der Waals surface area (Å²) in [4.78, 5) is 0. The van der Waals surface area contributed by atoms with Crippen LogP contribution >= 0.6 is 0 Å². The van der Waals surface area contributed by atoms with E-state index >= 15 is 0 Å². The molecule has 2 nitrogen and oxygen atoms in total. The Morgan fingerprint density at radius 3 is 2.33 bits per heavy atom. The van der Waals surface area contributed by atoms with Crippen LogP contribution in [0, 0.1) is 5.92 Å². The molecule has 0 aromatic rings. The van der Waals surface area contributed by atoms with E-state index in [1.54, 1.807) is 0 Å². The zero-order chi connectivity index (χ0) is 15.3. The van der Waals surface area contributed by atoms with Gasteiger partial charge >= 0.3 is 0 Å². The molecule has 0 aromatic carbocycles. The van der Waals surface area contributed by atoms with E-state index in [9.17, 15) is 0 Å². The maximum absolute atomic E-state index is 5.69. The van der Waals surface area contributed by atoms with Crippen LogP contribution in [0.15, 0.2) is 0 Å². The van der Waals surface area contributed by atoms with Crippen molar-refractivity contribution in [2.24, 2.45) is 5.92 Å². The first-order valence-electron chi connectivity index (χ1n) is 9.65. The summed E-state index contributed by atoms with van der Waals surface area (Å²) >= 11 is 0. The molecule has 21 heavy (non-hydrogen) atoms. The molecule has 0 amide bonds. The SMILES string of the molecule is CCCCCCCCC(CC1CC(OCC)C1)NCCC. The first-order valence-corrected chi connectivity index (χ1v) is 9.65. The molecule has 0 saturated heterocycles. The Morgan fingerprint density at radius 2 is 1.67 bits per heavy atom. The molecule has 0 heterocycles. The zero-order valence-electron chi connectivity index (χ0n) is 14.8. The fourth-order valence-corrected chi connectivity index (χ4v) is 3.46. The molecule has 0 aromatic heterocycles. The summed E-state index contributed by atoms with van der Waals surface area (Å²) in [6, 6.07) is 0.753. The molecule has 1 atom stereocenters. The lowest BCUT2D eigenvalue weighted by molar-refractivity contribution is -0.0292. The molecule has 1 unspecified atom stereocenters. The summed E-state index contributed by atoms with van der Waals surface area (Å²) in [7, 11) is 0. The second-order valence-electron chi connectivity index (χ2n) is 6.86. The molecule has 0 spiro atoms. The van der Waals surface area contributed by atoms with Crippen LogP contribution in [0.25, 0.3) is 0 Å². The fraction of sp³-hybridized carbons (Fsp3) is 1.00. The third-order valence-corrected chi connectivity index (χ3v) is 4.80. The molecule has 1 N–H and O–H groups in total. The Morgan fingerprint density at radius 1 is 0.952 bits per heavy atom. The average molecular weight is 298 g/mol. The Hall–Kier alpha value is -0.0800. The summed E-state index contributed by atoms with van der Waals surface area (Å²) in [5.74, 6) is 0.913. The van der Waals surface area contributed by atoms with E-state index in [2.05, 4.69) is 26.1 Å². The molecule has 1 aliphatic carbocycles. The second-order valence-corrected chi connectivity index (χ2v) is 6.86. The third kappa shape index (κ3) is 8.83. The van der Waals surface area contributed by atoms with Crippen LogP contribution in [0.1, 0.15) is 91.4 Å². The van der Waals surface area contributed by atoms with E-state index in [4.69, 9.17) is 4.74 Å². The number of hydrogen-bond donors (Lipinski definition) is 1. The van der Waals surface area contributed by atoms with Crippen molar-refractivity contribution in [1.29, 1.82) is 0 Å². The molecule has 1 fully saturated rings. The molecule has 1 rings (SSSR count). The van der Waals surface area contributed by atoms with Gasteiger partial charge in [-0.05, 0) is 51.5 Å². The highest BCUT2D eigenvalue weighted by atomic mass is 16.5. The topological polar surface area (TPSA) is 21.3 Å². The first-order chi connectivity index (χ1) is 10.3. The van der Waals surface area contributed by atoms with Crippen molar-refractivity contribution in [3.8, 4) is 0 Å². The standard InChI is InChI=1S/C19H39NO/c1-4-7-8-9-10-11-12-18(20-13-5-2)14-17-15-19(16-17)21-6-3/h17-20H,4-16H2,1-3H3. The van der Waals surface area contributed by atoms with Crippen molar-refractivity contribution >= 4 is 0 Å². The van der Waals surface area contributed by atoms with Crippen LogP contribution in [0.5, 0.6) is 0 Å². The average Bonchev–Trinajstić information content (AvgIpc) is 2.45. The molecule has 1 saturated carbocycles. The highest BCUT2D eigenvalue weighted by molar-refractivity contribution is 4.84. The van der Waals surface area contributed by atoms with Gasteiger partial charge in [-0.1, -0.05) is 52.4 Å². The normalized spacial score (nSPS) is 23.0. The van der Waals surface area contributed by atoms with Crippen LogP contribution in [-0.4, -0.2) is 25.3 Å². The van der Waals surface area contributed by atoms with Crippen LogP contribution in [0.4, 0.5) is 0 Å². The lowest BCUT2D eigenvalue weighted by atomic mass is 9.77. The molecule has 2 heteroatoms. The molecular formula is C19H39NO. The van der Waals surface area contributed by atoms with Gasteiger partial charge < -0.3 is 10.1 Å². The van der Waals surface area contributed by atoms with E-state index in [1.165, 1.54) is 77.2 Å².